The summed E-state index contributed by atoms with van der Waals surface area (Å²) in [5, 5.41) is 3.90. The maximum Gasteiger partial charge on any atom is 0.126 e. The van der Waals surface area contributed by atoms with E-state index in [9.17, 15) is 4.39 Å². The number of furan rings is 1. The van der Waals surface area contributed by atoms with Crippen LogP contribution in [0, 0.1) is 12.7 Å². The van der Waals surface area contributed by atoms with Gasteiger partial charge in [0.2, 0.25) is 0 Å². The van der Waals surface area contributed by atoms with Crippen molar-refractivity contribution in [1.82, 2.24) is 5.32 Å². The summed E-state index contributed by atoms with van der Waals surface area (Å²) < 4.78 is 19.1. The molecule has 0 bridgehead atoms. The molecule has 0 spiro atoms. The summed E-state index contributed by atoms with van der Waals surface area (Å²) in [5.41, 5.74) is 1.67. The summed E-state index contributed by atoms with van der Waals surface area (Å²) in [6.07, 6.45) is 2.20. The van der Waals surface area contributed by atoms with E-state index in [1.807, 2.05) is 19.9 Å². The molecule has 2 nitrogen and oxygen atoms in total. The summed E-state index contributed by atoms with van der Waals surface area (Å²) in [6.45, 7) is 4.74. The van der Waals surface area contributed by atoms with Gasteiger partial charge in [0.05, 0.1) is 6.26 Å². The molecule has 0 aliphatic heterocycles. The number of hydrogen-bond acceptors (Lipinski definition) is 2. The van der Waals surface area contributed by atoms with E-state index in [0.717, 1.165) is 17.9 Å². The number of halogens is 2. The van der Waals surface area contributed by atoms with Crippen LogP contribution in [0.3, 0.4) is 0 Å². The van der Waals surface area contributed by atoms with E-state index >= 15 is 0 Å². The molecule has 1 atom stereocenters. The Morgan fingerprint density at radius 1 is 1.37 bits per heavy atom. The van der Waals surface area contributed by atoms with E-state index in [-0.39, 0.29) is 11.9 Å². The molecule has 0 saturated heterocycles. The summed E-state index contributed by atoms with van der Waals surface area (Å²) in [4.78, 5) is 0. The van der Waals surface area contributed by atoms with Gasteiger partial charge in [-0.05, 0) is 49.7 Å². The van der Waals surface area contributed by atoms with Crippen LogP contribution < -0.4 is 5.32 Å². The predicted octanol–water partition coefficient (Wildman–Crippen LogP) is 4.27. The summed E-state index contributed by atoms with van der Waals surface area (Å²) in [6, 6.07) is 6.59. The van der Waals surface area contributed by atoms with E-state index in [0.29, 0.717) is 17.0 Å². The first kappa shape index (κ1) is 14.1. The molecular formula is C15H17ClFNO. The lowest BCUT2D eigenvalue weighted by molar-refractivity contribution is 0.495. The Kier molecular flexibility index (Phi) is 4.61. The third kappa shape index (κ3) is 3.37. The minimum atomic E-state index is -0.228. The first-order chi connectivity index (χ1) is 9.11. The number of likely N-dealkylation sites (N-methyl/N-ethyl adjacent to an activating group) is 1. The molecule has 2 rings (SSSR count). The van der Waals surface area contributed by atoms with Crippen molar-refractivity contribution in [1.29, 1.82) is 0 Å². The van der Waals surface area contributed by atoms with Gasteiger partial charge in [-0.1, -0.05) is 18.5 Å². The molecular weight excluding hydrogens is 265 g/mol. The molecule has 102 valence electrons. The van der Waals surface area contributed by atoms with Gasteiger partial charge in [-0.15, -0.1) is 0 Å². The van der Waals surface area contributed by atoms with Crippen LogP contribution in [0.2, 0.25) is 5.02 Å². The van der Waals surface area contributed by atoms with Crippen molar-refractivity contribution >= 4 is 11.6 Å². The number of aryl methyl sites for hydroxylation is 1. The monoisotopic (exact) mass is 281 g/mol. The van der Waals surface area contributed by atoms with Gasteiger partial charge in [-0.3, -0.25) is 0 Å². The van der Waals surface area contributed by atoms with Gasteiger partial charge in [0, 0.05) is 16.6 Å². The minimum Gasteiger partial charge on any atom is -0.469 e. The highest BCUT2D eigenvalue weighted by Gasteiger charge is 2.17. The molecule has 0 amide bonds. The summed E-state index contributed by atoms with van der Waals surface area (Å²) in [5.74, 6) is 0.627. The second kappa shape index (κ2) is 6.22. The zero-order chi connectivity index (χ0) is 13.8. The molecule has 1 aromatic carbocycles. The van der Waals surface area contributed by atoms with Crippen molar-refractivity contribution in [3.63, 3.8) is 0 Å². The summed E-state index contributed by atoms with van der Waals surface area (Å²) >= 11 is 5.93. The van der Waals surface area contributed by atoms with E-state index < -0.39 is 0 Å². The van der Waals surface area contributed by atoms with Crippen LogP contribution >= 0.6 is 11.6 Å². The lowest BCUT2D eigenvalue weighted by Crippen LogP contribution is -2.23. The van der Waals surface area contributed by atoms with E-state index in [4.69, 9.17) is 16.0 Å². The van der Waals surface area contributed by atoms with Crippen LogP contribution in [0.1, 0.15) is 29.9 Å². The number of hydrogen-bond donors (Lipinski definition) is 1. The lowest BCUT2D eigenvalue weighted by atomic mass is 9.99. The van der Waals surface area contributed by atoms with Crippen molar-refractivity contribution < 1.29 is 8.81 Å². The fourth-order valence-corrected chi connectivity index (χ4v) is 2.41. The van der Waals surface area contributed by atoms with E-state index in [1.54, 1.807) is 18.4 Å². The first-order valence-electron chi connectivity index (χ1n) is 6.33. The van der Waals surface area contributed by atoms with Gasteiger partial charge in [0.15, 0.2) is 0 Å². The predicted molar refractivity (Wildman–Crippen MR) is 75.0 cm³/mol. The summed E-state index contributed by atoms with van der Waals surface area (Å²) in [7, 11) is 0. The van der Waals surface area contributed by atoms with Crippen LogP contribution in [0.4, 0.5) is 4.39 Å². The number of benzene rings is 1. The average molecular weight is 282 g/mol. The Morgan fingerprint density at radius 3 is 2.79 bits per heavy atom. The van der Waals surface area contributed by atoms with Crippen molar-refractivity contribution in [2.75, 3.05) is 6.54 Å². The van der Waals surface area contributed by atoms with Crippen molar-refractivity contribution in [3.8, 4) is 0 Å². The highest BCUT2D eigenvalue weighted by Crippen LogP contribution is 2.25. The Hall–Kier alpha value is -1.32. The molecule has 1 N–H and O–H groups in total. The smallest absolute Gasteiger partial charge is 0.126 e. The van der Waals surface area contributed by atoms with Gasteiger partial charge >= 0.3 is 0 Å². The fraction of sp³-hybridized carbons (Fsp3) is 0.333. The highest BCUT2D eigenvalue weighted by atomic mass is 35.5. The van der Waals surface area contributed by atoms with Crippen LogP contribution in [-0.2, 0) is 6.42 Å². The van der Waals surface area contributed by atoms with Crippen LogP contribution in [0.5, 0.6) is 0 Å². The zero-order valence-electron chi connectivity index (χ0n) is 11.0. The third-order valence-corrected chi connectivity index (χ3v) is 3.39. The van der Waals surface area contributed by atoms with E-state index in [1.165, 1.54) is 6.07 Å². The Balaban J connectivity index is 2.26. The van der Waals surface area contributed by atoms with Crippen molar-refractivity contribution in [3.05, 3.63) is 58.3 Å². The Bertz CT molecular complexity index is 553. The number of rotatable bonds is 5. The van der Waals surface area contributed by atoms with Gasteiger partial charge < -0.3 is 9.73 Å². The standard InChI is InChI=1S/C15H17ClFNO/c1-3-18-15(13-6-7-19-10(13)2)9-11-8-12(16)4-5-14(11)17/h4-8,15,18H,3,9H2,1-2H3. The zero-order valence-corrected chi connectivity index (χ0v) is 11.8. The molecule has 1 aromatic heterocycles. The quantitative estimate of drug-likeness (QED) is 0.885. The molecule has 0 aliphatic carbocycles. The molecule has 0 aliphatic rings. The molecule has 2 aromatic rings. The topological polar surface area (TPSA) is 25.2 Å². The van der Waals surface area contributed by atoms with Crippen molar-refractivity contribution in [2.45, 2.75) is 26.3 Å². The fourth-order valence-electron chi connectivity index (χ4n) is 2.21. The molecule has 0 fully saturated rings. The molecule has 19 heavy (non-hydrogen) atoms. The first-order valence-corrected chi connectivity index (χ1v) is 6.71. The SMILES string of the molecule is CCNC(Cc1cc(Cl)ccc1F)c1ccoc1C. The Morgan fingerprint density at radius 2 is 2.16 bits per heavy atom. The Labute approximate surface area is 117 Å². The maximum absolute atomic E-state index is 13.8. The number of nitrogens with one attached hydrogen (secondary N) is 1. The average Bonchev–Trinajstić information content (AvgIpc) is 2.79. The molecule has 1 unspecified atom stereocenters. The molecule has 4 heteroatoms. The molecule has 0 saturated carbocycles. The minimum absolute atomic E-state index is 0.0247. The molecule has 0 radical (unpaired) electrons. The van der Waals surface area contributed by atoms with Crippen molar-refractivity contribution in [2.24, 2.45) is 0 Å². The van der Waals surface area contributed by atoms with Crippen LogP contribution in [-0.4, -0.2) is 6.54 Å². The van der Waals surface area contributed by atoms with Crippen LogP contribution in [0.25, 0.3) is 0 Å². The lowest BCUT2D eigenvalue weighted by Gasteiger charge is -2.18. The third-order valence-electron chi connectivity index (χ3n) is 3.16. The van der Waals surface area contributed by atoms with Gasteiger partial charge in [0.25, 0.3) is 0 Å². The largest absolute Gasteiger partial charge is 0.469 e. The second-order valence-electron chi connectivity index (χ2n) is 4.48. The molecule has 1 heterocycles. The second-order valence-corrected chi connectivity index (χ2v) is 4.92. The normalized spacial score (nSPS) is 12.6. The maximum atomic E-state index is 13.8. The van der Waals surface area contributed by atoms with Gasteiger partial charge in [-0.25, -0.2) is 4.39 Å². The van der Waals surface area contributed by atoms with E-state index in [2.05, 4.69) is 5.32 Å². The van der Waals surface area contributed by atoms with Gasteiger partial charge in [-0.2, -0.15) is 0 Å². The van der Waals surface area contributed by atoms with Gasteiger partial charge in [0.1, 0.15) is 11.6 Å². The highest BCUT2D eigenvalue weighted by molar-refractivity contribution is 6.30. The van der Waals surface area contributed by atoms with Crippen LogP contribution in [0.15, 0.2) is 34.9 Å².